The number of nitrogens with two attached hydrogens (primary N) is 1. The van der Waals surface area contributed by atoms with Crippen molar-refractivity contribution in [2.24, 2.45) is 11.7 Å². The molecule has 0 saturated carbocycles. The molecule has 0 saturated heterocycles. The fraction of sp³-hybridized carbons (Fsp3) is 0.357. The summed E-state index contributed by atoms with van der Waals surface area (Å²) >= 11 is 6.20. The molecule has 1 aromatic carbocycles. The van der Waals surface area contributed by atoms with E-state index in [-0.39, 0.29) is 11.8 Å². The van der Waals surface area contributed by atoms with Crippen LogP contribution in [0.3, 0.4) is 0 Å². The van der Waals surface area contributed by atoms with Gasteiger partial charge in [-0.3, -0.25) is 4.79 Å². The standard InChI is InChI=1S/C14H18ClN5O/c1-3-9(2)12(16)14(21)19-11-6-4-5-10(15)13(11)20-8-17-7-18-20/h4-9,12H,3,16H2,1-2H3,(H,19,21)/t9?,12-/m0/s1. The number of benzene rings is 1. The molecule has 1 aromatic heterocycles. The number of nitrogens with zero attached hydrogens (tertiary/aromatic N) is 3. The van der Waals surface area contributed by atoms with Crippen LogP contribution in [0.5, 0.6) is 0 Å². The van der Waals surface area contributed by atoms with E-state index in [4.69, 9.17) is 17.3 Å². The van der Waals surface area contributed by atoms with Gasteiger partial charge in [-0.2, -0.15) is 5.10 Å². The predicted octanol–water partition coefficient (Wildman–Crippen LogP) is 2.23. The van der Waals surface area contributed by atoms with Crippen molar-refractivity contribution in [3.63, 3.8) is 0 Å². The summed E-state index contributed by atoms with van der Waals surface area (Å²) in [5.41, 5.74) is 7.07. The summed E-state index contributed by atoms with van der Waals surface area (Å²) in [6.45, 7) is 3.94. The van der Waals surface area contributed by atoms with E-state index in [1.165, 1.54) is 17.3 Å². The molecule has 3 N–H and O–H groups in total. The van der Waals surface area contributed by atoms with Gasteiger partial charge in [0, 0.05) is 0 Å². The molecule has 2 atom stereocenters. The first kappa shape index (κ1) is 15.5. The number of aromatic nitrogens is 3. The van der Waals surface area contributed by atoms with Crippen LogP contribution in [0.25, 0.3) is 5.69 Å². The van der Waals surface area contributed by atoms with Crippen LogP contribution in [-0.4, -0.2) is 26.7 Å². The molecule has 6 nitrogen and oxygen atoms in total. The number of carbonyl (C=O) groups excluding carboxylic acids is 1. The van der Waals surface area contributed by atoms with E-state index in [0.717, 1.165) is 6.42 Å². The van der Waals surface area contributed by atoms with Crippen molar-refractivity contribution in [3.8, 4) is 5.69 Å². The third kappa shape index (κ3) is 3.40. The highest BCUT2D eigenvalue weighted by Gasteiger charge is 2.21. The second kappa shape index (κ2) is 6.69. The maximum Gasteiger partial charge on any atom is 0.241 e. The minimum Gasteiger partial charge on any atom is -0.323 e. The van der Waals surface area contributed by atoms with Crippen molar-refractivity contribution in [3.05, 3.63) is 35.9 Å². The van der Waals surface area contributed by atoms with Gasteiger partial charge in [-0.1, -0.05) is 37.9 Å². The van der Waals surface area contributed by atoms with Crippen molar-refractivity contribution in [2.45, 2.75) is 26.3 Å². The molecular weight excluding hydrogens is 290 g/mol. The van der Waals surface area contributed by atoms with Crippen LogP contribution in [0, 0.1) is 5.92 Å². The Hall–Kier alpha value is -1.92. The first-order valence-corrected chi connectivity index (χ1v) is 7.12. The van der Waals surface area contributed by atoms with E-state index in [9.17, 15) is 4.79 Å². The molecule has 1 heterocycles. The number of hydrogen-bond donors (Lipinski definition) is 2. The zero-order valence-corrected chi connectivity index (χ0v) is 12.7. The number of amides is 1. The molecule has 0 radical (unpaired) electrons. The quantitative estimate of drug-likeness (QED) is 0.887. The molecule has 0 spiro atoms. The molecule has 21 heavy (non-hydrogen) atoms. The van der Waals surface area contributed by atoms with Crippen LogP contribution in [0.1, 0.15) is 20.3 Å². The SMILES string of the molecule is CCC(C)[C@H](N)C(=O)Nc1cccc(Cl)c1-n1cncn1. The Morgan fingerprint density at radius 2 is 2.29 bits per heavy atom. The molecule has 0 bridgehead atoms. The fourth-order valence-electron chi connectivity index (χ4n) is 1.90. The third-order valence-electron chi connectivity index (χ3n) is 3.45. The van der Waals surface area contributed by atoms with E-state index in [0.29, 0.717) is 16.4 Å². The Morgan fingerprint density at radius 3 is 2.90 bits per heavy atom. The lowest BCUT2D eigenvalue weighted by Gasteiger charge is -2.19. The Morgan fingerprint density at radius 1 is 1.52 bits per heavy atom. The molecule has 0 aliphatic heterocycles. The number of carbonyl (C=O) groups is 1. The van der Waals surface area contributed by atoms with Crippen molar-refractivity contribution >= 4 is 23.2 Å². The maximum atomic E-state index is 12.2. The number of para-hydroxylation sites is 1. The first-order chi connectivity index (χ1) is 10.0. The number of hydrogen-bond acceptors (Lipinski definition) is 4. The van der Waals surface area contributed by atoms with Crippen LogP contribution < -0.4 is 11.1 Å². The van der Waals surface area contributed by atoms with Gasteiger partial charge in [-0.05, 0) is 18.1 Å². The fourth-order valence-corrected chi connectivity index (χ4v) is 2.16. The minimum absolute atomic E-state index is 0.0963. The Labute approximate surface area is 128 Å². The van der Waals surface area contributed by atoms with Crippen LogP contribution in [0.2, 0.25) is 5.02 Å². The smallest absolute Gasteiger partial charge is 0.241 e. The topological polar surface area (TPSA) is 85.8 Å². The maximum absolute atomic E-state index is 12.2. The monoisotopic (exact) mass is 307 g/mol. The van der Waals surface area contributed by atoms with Crippen LogP contribution in [-0.2, 0) is 4.79 Å². The van der Waals surface area contributed by atoms with E-state index in [2.05, 4.69) is 15.4 Å². The lowest BCUT2D eigenvalue weighted by molar-refractivity contribution is -0.118. The summed E-state index contributed by atoms with van der Waals surface area (Å²) in [7, 11) is 0. The lowest BCUT2D eigenvalue weighted by Crippen LogP contribution is -2.40. The van der Waals surface area contributed by atoms with Crippen molar-refractivity contribution in [2.75, 3.05) is 5.32 Å². The van der Waals surface area contributed by atoms with E-state index < -0.39 is 6.04 Å². The molecular formula is C14H18ClN5O. The first-order valence-electron chi connectivity index (χ1n) is 6.74. The van der Waals surface area contributed by atoms with Crippen LogP contribution in [0.4, 0.5) is 5.69 Å². The van der Waals surface area contributed by atoms with Gasteiger partial charge in [0.1, 0.15) is 18.3 Å². The Kier molecular flexibility index (Phi) is 4.93. The van der Waals surface area contributed by atoms with Crippen LogP contribution >= 0.6 is 11.6 Å². The minimum atomic E-state index is -0.572. The Bertz CT molecular complexity index is 614. The highest BCUT2D eigenvalue weighted by molar-refractivity contribution is 6.33. The number of rotatable bonds is 5. The van der Waals surface area contributed by atoms with E-state index >= 15 is 0 Å². The van der Waals surface area contributed by atoms with E-state index in [1.807, 2.05) is 13.8 Å². The lowest BCUT2D eigenvalue weighted by atomic mass is 9.99. The van der Waals surface area contributed by atoms with Crippen molar-refractivity contribution < 1.29 is 4.79 Å². The summed E-state index contributed by atoms with van der Waals surface area (Å²) in [6.07, 6.45) is 3.76. The van der Waals surface area contributed by atoms with Gasteiger partial charge in [0.25, 0.3) is 0 Å². The zero-order valence-electron chi connectivity index (χ0n) is 12.0. The van der Waals surface area contributed by atoms with Crippen LogP contribution in [0.15, 0.2) is 30.9 Å². The summed E-state index contributed by atoms with van der Waals surface area (Å²) in [5, 5.41) is 7.34. The van der Waals surface area contributed by atoms with Gasteiger partial charge < -0.3 is 11.1 Å². The number of nitrogens with one attached hydrogen (secondary N) is 1. The highest BCUT2D eigenvalue weighted by Crippen LogP contribution is 2.28. The molecule has 2 aromatic rings. The zero-order chi connectivity index (χ0) is 15.4. The second-order valence-electron chi connectivity index (χ2n) is 4.88. The van der Waals surface area contributed by atoms with Gasteiger partial charge in [-0.25, -0.2) is 9.67 Å². The second-order valence-corrected chi connectivity index (χ2v) is 5.28. The average molecular weight is 308 g/mol. The molecule has 2 rings (SSSR count). The van der Waals surface area contributed by atoms with Crippen molar-refractivity contribution in [1.82, 2.24) is 14.8 Å². The van der Waals surface area contributed by atoms with Gasteiger partial charge >= 0.3 is 0 Å². The molecule has 0 aliphatic rings. The molecule has 0 fully saturated rings. The van der Waals surface area contributed by atoms with Gasteiger partial charge in [-0.15, -0.1) is 0 Å². The van der Waals surface area contributed by atoms with Gasteiger partial charge in [0.2, 0.25) is 5.91 Å². The van der Waals surface area contributed by atoms with Gasteiger partial charge in [0.15, 0.2) is 0 Å². The van der Waals surface area contributed by atoms with Gasteiger partial charge in [0.05, 0.1) is 16.8 Å². The summed E-state index contributed by atoms with van der Waals surface area (Å²) in [4.78, 5) is 16.1. The summed E-state index contributed by atoms with van der Waals surface area (Å²) in [5.74, 6) is -0.146. The van der Waals surface area contributed by atoms with E-state index in [1.54, 1.807) is 18.2 Å². The van der Waals surface area contributed by atoms with Crippen molar-refractivity contribution in [1.29, 1.82) is 0 Å². The summed E-state index contributed by atoms with van der Waals surface area (Å²) < 4.78 is 1.51. The average Bonchev–Trinajstić information content (AvgIpc) is 2.99. The highest BCUT2D eigenvalue weighted by atomic mass is 35.5. The number of anilines is 1. The normalized spacial score (nSPS) is 13.7. The largest absolute Gasteiger partial charge is 0.323 e. The molecule has 1 unspecified atom stereocenters. The predicted molar refractivity (Wildman–Crippen MR) is 82.4 cm³/mol. The molecule has 7 heteroatoms. The molecule has 0 aliphatic carbocycles. The Balaban J connectivity index is 2.29. The molecule has 1 amide bonds. The molecule has 112 valence electrons. The summed E-state index contributed by atoms with van der Waals surface area (Å²) in [6, 6.07) is 4.66. The number of halogens is 1. The third-order valence-corrected chi connectivity index (χ3v) is 3.76.